The van der Waals surface area contributed by atoms with Gasteiger partial charge in [-0.25, -0.2) is 4.98 Å². The van der Waals surface area contributed by atoms with Crippen molar-refractivity contribution in [2.45, 2.75) is 39.5 Å². The molecule has 0 aliphatic carbocycles. The van der Waals surface area contributed by atoms with Gasteiger partial charge < -0.3 is 0 Å². The Hall–Kier alpha value is -3.20. The van der Waals surface area contributed by atoms with Gasteiger partial charge in [0.05, 0.1) is 16.6 Å². The number of para-hydroxylation sites is 1. The highest BCUT2D eigenvalue weighted by atomic mass is 16.1. The first kappa shape index (κ1) is 19.1. The summed E-state index contributed by atoms with van der Waals surface area (Å²) in [6.07, 6.45) is 2.07. The molecule has 1 atom stereocenters. The van der Waals surface area contributed by atoms with Crippen LogP contribution in [0.4, 0.5) is 0 Å². The van der Waals surface area contributed by atoms with E-state index in [1.165, 1.54) is 11.1 Å². The van der Waals surface area contributed by atoms with E-state index in [9.17, 15) is 4.79 Å². The lowest BCUT2D eigenvalue weighted by Crippen LogP contribution is -2.22. The molecule has 0 aliphatic rings. The average molecular weight is 383 g/mol. The molecule has 3 aromatic carbocycles. The molecule has 0 saturated heterocycles. The fraction of sp³-hybridized carbons (Fsp3) is 0.231. The van der Waals surface area contributed by atoms with Crippen LogP contribution in [0.5, 0.6) is 0 Å². The normalized spacial score (nSPS) is 12.2. The van der Waals surface area contributed by atoms with Crippen LogP contribution in [0.3, 0.4) is 0 Å². The number of benzene rings is 3. The predicted molar refractivity (Wildman–Crippen MR) is 121 cm³/mol. The number of aryl methyl sites for hydroxylation is 1. The van der Waals surface area contributed by atoms with Gasteiger partial charge in [0.25, 0.3) is 5.56 Å². The van der Waals surface area contributed by atoms with E-state index in [1.54, 1.807) is 4.57 Å². The monoisotopic (exact) mass is 382 g/mol. The zero-order chi connectivity index (χ0) is 20.4. The summed E-state index contributed by atoms with van der Waals surface area (Å²) in [5.41, 5.74) is 5.01. The Labute approximate surface area is 171 Å². The van der Waals surface area contributed by atoms with E-state index in [4.69, 9.17) is 4.98 Å². The van der Waals surface area contributed by atoms with Crippen LogP contribution in [0.1, 0.15) is 44.2 Å². The second kappa shape index (κ2) is 8.04. The minimum atomic E-state index is -0.0403. The average Bonchev–Trinajstić information content (AvgIpc) is 2.79. The molecule has 3 nitrogen and oxygen atoms in total. The van der Waals surface area contributed by atoms with E-state index < -0.39 is 0 Å². The molecule has 0 saturated carbocycles. The number of hydrogen-bond donors (Lipinski definition) is 0. The molecule has 0 unspecified atom stereocenters. The Morgan fingerprint density at radius 2 is 1.59 bits per heavy atom. The molecule has 0 fully saturated rings. The Bertz CT molecular complexity index is 1190. The van der Waals surface area contributed by atoms with Gasteiger partial charge in [-0.15, -0.1) is 0 Å². The van der Waals surface area contributed by atoms with Crippen molar-refractivity contribution in [3.63, 3.8) is 0 Å². The molecule has 1 heterocycles. The highest BCUT2D eigenvalue weighted by Crippen LogP contribution is 2.25. The number of aromatic nitrogens is 2. The fourth-order valence-electron chi connectivity index (χ4n) is 3.64. The van der Waals surface area contributed by atoms with Crippen molar-refractivity contribution in [2.24, 2.45) is 0 Å². The van der Waals surface area contributed by atoms with Crippen molar-refractivity contribution in [2.75, 3.05) is 0 Å². The summed E-state index contributed by atoms with van der Waals surface area (Å²) in [7, 11) is 0. The number of rotatable bonds is 5. The van der Waals surface area contributed by atoms with Gasteiger partial charge in [-0.05, 0) is 54.2 Å². The van der Waals surface area contributed by atoms with Gasteiger partial charge in [0.15, 0.2) is 0 Å². The molecule has 0 amide bonds. The maximum Gasteiger partial charge on any atom is 0.266 e. The Balaban J connectivity index is 1.95. The molecule has 29 heavy (non-hydrogen) atoms. The van der Waals surface area contributed by atoms with Gasteiger partial charge in [0.1, 0.15) is 5.82 Å². The minimum absolute atomic E-state index is 0.0403. The van der Waals surface area contributed by atoms with Crippen molar-refractivity contribution in [1.82, 2.24) is 9.55 Å². The molecule has 0 spiro atoms. The smallest absolute Gasteiger partial charge is 0.266 e. The summed E-state index contributed by atoms with van der Waals surface area (Å²) >= 11 is 0. The summed E-state index contributed by atoms with van der Waals surface area (Å²) in [4.78, 5) is 18.3. The molecule has 0 radical (unpaired) electrons. The van der Waals surface area contributed by atoms with Gasteiger partial charge in [-0.3, -0.25) is 9.36 Å². The second-order valence-electron chi connectivity index (χ2n) is 7.54. The molecule has 0 aliphatic heterocycles. The SMILES string of the molecule is CCc1ccc(-c2nc3ccccc3c(=O)n2-c2ccc([C@@H](C)CC)cc2)cc1. The van der Waals surface area contributed by atoms with Crippen LogP contribution in [-0.2, 0) is 6.42 Å². The lowest BCUT2D eigenvalue weighted by atomic mass is 9.98. The van der Waals surface area contributed by atoms with Crippen molar-refractivity contribution in [3.05, 3.63) is 94.3 Å². The van der Waals surface area contributed by atoms with Crippen LogP contribution in [0.25, 0.3) is 28.0 Å². The van der Waals surface area contributed by atoms with E-state index >= 15 is 0 Å². The largest absolute Gasteiger partial charge is 0.268 e. The van der Waals surface area contributed by atoms with Crippen LogP contribution >= 0.6 is 0 Å². The third kappa shape index (κ3) is 3.61. The van der Waals surface area contributed by atoms with Gasteiger partial charge in [0.2, 0.25) is 0 Å². The number of nitrogens with zero attached hydrogens (tertiary/aromatic N) is 2. The van der Waals surface area contributed by atoms with Crippen LogP contribution in [0.15, 0.2) is 77.6 Å². The highest BCUT2D eigenvalue weighted by molar-refractivity contribution is 5.80. The molecule has 1 aromatic heterocycles. The predicted octanol–water partition coefficient (Wildman–Crippen LogP) is 6.13. The van der Waals surface area contributed by atoms with Gasteiger partial charge in [0, 0.05) is 5.56 Å². The standard InChI is InChI=1S/C26H26N2O/c1-4-18(3)20-14-16-22(17-15-20)28-25(21-12-10-19(5-2)11-13-21)27-24-9-7-6-8-23(24)26(28)29/h6-18H,4-5H2,1-3H3/t18-/m0/s1. The Morgan fingerprint density at radius 3 is 2.24 bits per heavy atom. The van der Waals surface area contributed by atoms with E-state index in [-0.39, 0.29) is 5.56 Å². The van der Waals surface area contributed by atoms with Crippen molar-refractivity contribution in [1.29, 1.82) is 0 Å². The quantitative estimate of drug-likeness (QED) is 0.416. The molecule has 3 heteroatoms. The third-order valence-electron chi connectivity index (χ3n) is 5.73. The second-order valence-corrected chi connectivity index (χ2v) is 7.54. The van der Waals surface area contributed by atoms with E-state index in [2.05, 4.69) is 57.2 Å². The molecular weight excluding hydrogens is 356 g/mol. The van der Waals surface area contributed by atoms with Crippen molar-refractivity contribution in [3.8, 4) is 17.1 Å². The van der Waals surface area contributed by atoms with Crippen LogP contribution in [0.2, 0.25) is 0 Å². The van der Waals surface area contributed by atoms with Crippen LogP contribution < -0.4 is 5.56 Å². The zero-order valence-corrected chi connectivity index (χ0v) is 17.2. The van der Waals surface area contributed by atoms with Crippen molar-refractivity contribution < 1.29 is 0 Å². The summed E-state index contributed by atoms with van der Waals surface area (Å²) in [5, 5.41) is 0.632. The lowest BCUT2D eigenvalue weighted by Gasteiger charge is -2.16. The van der Waals surface area contributed by atoms with Crippen LogP contribution in [-0.4, -0.2) is 9.55 Å². The van der Waals surface area contributed by atoms with E-state index in [0.717, 1.165) is 29.6 Å². The number of hydrogen-bond acceptors (Lipinski definition) is 2. The van der Waals surface area contributed by atoms with Crippen molar-refractivity contribution >= 4 is 10.9 Å². The van der Waals surface area contributed by atoms with E-state index in [1.807, 2.05) is 36.4 Å². The first-order chi connectivity index (χ1) is 14.1. The van der Waals surface area contributed by atoms with Crippen LogP contribution in [0, 0.1) is 0 Å². The molecule has 0 bridgehead atoms. The van der Waals surface area contributed by atoms with Gasteiger partial charge in [-0.1, -0.05) is 69.3 Å². The lowest BCUT2D eigenvalue weighted by molar-refractivity contribution is 0.733. The zero-order valence-electron chi connectivity index (χ0n) is 17.2. The molecule has 146 valence electrons. The maximum atomic E-state index is 13.4. The molecule has 4 aromatic rings. The Kier molecular flexibility index (Phi) is 5.30. The summed E-state index contributed by atoms with van der Waals surface area (Å²) in [6, 6.07) is 24.2. The number of fused-ring (bicyclic) bond motifs is 1. The fourth-order valence-corrected chi connectivity index (χ4v) is 3.64. The summed E-state index contributed by atoms with van der Waals surface area (Å²) in [6.45, 7) is 6.55. The third-order valence-corrected chi connectivity index (χ3v) is 5.73. The highest BCUT2D eigenvalue weighted by Gasteiger charge is 2.15. The Morgan fingerprint density at radius 1 is 0.897 bits per heavy atom. The molecule has 0 N–H and O–H groups in total. The topological polar surface area (TPSA) is 34.9 Å². The molecule has 4 rings (SSSR count). The minimum Gasteiger partial charge on any atom is -0.268 e. The first-order valence-corrected chi connectivity index (χ1v) is 10.3. The summed E-state index contributed by atoms with van der Waals surface area (Å²) < 4.78 is 1.74. The summed E-state index contributed by atoms with van der Waals surface area (Å²) in [5.74, 6) is 1.17. The maximum absolute atomic E-state index is 13.4. The van der Waals surface area contributed by atoms with Gasteiger partial charge >= 0.3 is 0 Å². The van der Waals surface area contributed by atoms with E-state index in [0.29, 0.717) is 17.1 Å². The first-order valence-electron chi connectivity index (χ1n) is 10.3. The van der Waals surface area contributed by atoms with Gasteiger partial charge in [-0.2, -0.15) is 0 Å². The molecular formula is C26H26N2O.